The van der Waals surface area contributed by atoms with E-state index in [-0.39, 0.29) is 0 Å². The van der Waals surface area contributed by atoms with Gasteiger partial charge in [0, 0.05) is 18.8 Å². The summed E-state index contributed by atoms with van der Waals surface area (Å²) in [7, 11) is 0. The summed E-state index contributed by atoms with van der Waals surface area (Å²) in [5.74, 6) is 1.19. The van der Waals surface area contributed by atoms with Crippen molar-refractivity contribution in [1.82, 2.24) is 9.97 Å². The Morgan fingerprint density at radius 2 is 1.79 bits per heavy atom. The van der Waals surface area contributed by atoms with Crippen LogP contribution in [-0.4, -0.2) is 16.6 Å². The van der Waals surface area contributed by atoms with Gasteiger partial charge in [0.25, 0.3) is 0 Å². The van der Waals surface area contributed by atoms with Crippen molar-refractivity contribution in [2.24, 2.45) is 0 Å². The molecule has 1 N–H and O–H groups in total. The fourth-order valence-electron chi connectivity index (χ4n) is 1.73. The number of nitrogens with one attached hydrogen (secondary N) is 1. The van der Waals surface area contributed by atoms with Gasteiger partial charge in [-0.1, -0.05) is 31.2 Å². The minimum Gasteiger partial charge on any atom is -0.478 e. The van der Waals surface area contributed by atoms with Crippen molar-refractivity contribution >= 4 is 5.95 Å². The van der Waals surface area contributed by atoms with Crippen molar-refractivity contribution in [2.45, 2.75) is 26.8 Å². The third-order valence-corrected chi connectivity index (χ3v) is 2.80. The minimum atomic E-state index is 0.588. The Labute approximate surface area is 113 Å². The molecular weight excluding hydrogens is 238 g/mol. The van der Waals surface area contributed by atoms with Crippen LogP contribution in [0, 0.1) is 0 Å². The Bertz CT molecular complexity index is 511. The summed E-state index contributed by atoms with van der Waals surface area (Å²) in [5, 5.41) is 3.19. The SMILES string of the molecule is CCOc1ccnc(NCc2ccc(CC)cc2)n1. The highest BCUT2D eigenvalue weighted by Crippen LogP contribution is 2.10. The lowest BCUT2D eigenvalue weighted by Gasteiger charge is -2.07. The first kappa shape index (κ1) is 13.3. The van der Waals surface area contributed by atoms with Crippen LogP contribution >= 0.6 is 0 Å². The first-order chi connectivity index (χ1) is 9.31. The molecule has 1 aromatic heterocycles. The van der Waals surface area contributed by atoms with Crippen molar-refractivity contribution in [1.29, 1.82) is 0 Å². The van der Waals surface area contributed by atoms with Crippen LogP contribution in [0.15, 0.2) is 36.5 Å². The first-order valence-electron chi connectivity index (χ1n) is 6.59. The first-order valence-corrected chi connectivity index (χ1v) is 6.59. The minimum absolute atomic E-state index is 0.588. The summed E-state index contributed by atoms with van der Waals surface area (Å²) < 4.78 is 5.34. The van der Waals surface area contributed by atoms with Crippen LogP contribution < -0.4 is 10.1 Å². The number of rotatable bonds is 6. The molecule has 100 valence electrons. The zero-order chi connectivity index (χ0) is 13.5. The zero-order valence-electron chi connectivity index (χ0n) is 11.4. The van der Waals surface area contributed by atoms with Gasteiger partial charge in [-0.3, -0.25) is 0 Å². The van der Waals surface area contributed by atoms with Crippen LogP contribution in [0.5, 0.6) is 5.88 Å². The van der Waals surface area contributed by atoms with Gasteiger partial charge in [-0.2, -0.15) is 4.98 Å². The van der Waals surface area contributed by atoms with Gasteiger partial charge >= 0.3 is 0 Å². The van der Waals surface area contributed by atoms with Gasteiger partial charge in [-0.25, -0.2) is 4.98 Å². The molecule has 0 bridgehead atoms. The van der Waals surface area contributed by atoms with E-state index in [9.17, 15) is 0 Å². The van der Waals surface area contributed by atoms with Crippen molar-refractivity contribution in [3.63, 3.8) is 0 Å². The Hall–Kier alpha value is -2.10. The Morgan fingerprint density at radius 1 is 1.05 bits per heavy atom. The second-order valence-corrected chi connectivity index (χ2v) is 4.18. The molecule has 0 spiro atoms. The quantitative estimate of drug-likeness (QED) is 0.864. The van der Waals surface area contributed by atoms with Gasteiger partial charge in [0.1, 0.15) is 0 Å². The third kappa shape index (κ3) is 3.95. The molecule has 0 saturated carbocycles. The Balaban J connectivity index is 1.95. The molecule has 4 nitrogen and oxygen atoms in total. The number of benzene rings is 1. The zero-order valence-corrected chi connectivity index (χ0v) is 11.4. The highest BCUT2D eigenvalue weighted by Gasteiger charge is 2.00. The predicted octanol–water partition coefficient (Wildman–Crippen LogP) is 3.05. The largest absolute Gasteiger partial charge is 0.478 e. The summed E-state index contributed by atoms with van der Waals surface area (Å²) in [5.41, 5.74) is 2.56. The van der Waals surface area contributed by atoms with Gasteiger partial charge in [0.15, 0.2) is 0 Å². The molecule has 4 heteroatoms. The normalized spacial score (nSPS) is 10.2. The van der Waals surface area contributed by atoms with Crippen LogP contribution in [0.1, 0.15) is 25.0 Å². The lowest BCUT2D eigenvalue weighted by Crippen LogP contribution is -2.04. The molecule has 19 heavy (non-hydrogen) atoms. The Morgan fingerprint density at radius 3 is 2.47 bits per heavy atom. The van der Waals surface area contributed by atoms with E-state index in [0.29, 0.717) is 25.0 Å². The maximum atomic E-state index is 5.34. The van der Waals surface area contributed by atoms with E-state index in [2.05, 4.69) is 46.5 Å². The number of hydrogen-bond donors (Lipinski definition) is 1. The van der Waals surface area contributed by atoms with Crippen LogP contribution in [-0.2, 0) is 13.0 Å². The monoisotopic (exact) mass is 257 g/mol. The van der Waals surface area contributed by atoms with Crippen LogP contribution in [0.25, 0.3) is 0 Å². The Kier molecular flexibility index (Phi) is 4.72. The second kappa shape index (κ2) is 6.73. The molecule has 0 atom stereocenters. The molecule has 0 amide bonds. The molecule has 0 fully saturated rings. The summed E-state index contributed by atoms with van der Waals surface area (Å²) in [6.45, 7) is 5.40. The fourth-order valence-corrected chi connectivity index (χ4v) is 1.73. The van der Waals surface area contributed by atoms with Crippen LogP contribution in [0.4, 0.5) is 5.95 Å². The van der Waals surface area contributed by atoms with Gasteiger partial charge in [-0.15, -0.1) is 0 Å². The number of hydrogen-bond acceptors (Lipinski definition) is 4. The number of aromatic nitrogens is 2. The second-order valence-electron chi connectivity index (χ2n) is 4.18. The highest BCUT2D eigenvalue weighted by atomic mass is 16.5. The highest BCUT2D eigenvalue weighted by molar-refractivity contribution is 5.31. The number of anilines is 1. The molecule has 2 aromatic rings. The van der Waals surface area contributed by atoms with Gasteiger partial charge in [0.05, 0.1) is 6.61 Å². The number of aryl methyl sites for hydroxylation is 1. The molecule has 1 heterocycles. The maximum absolute atomic E-state index is 5.34. The summed E-state index contributed by atoms with van der Waals surface area (Å²) in [4.78, 5) is 8.44. The van der Waals surface area contributed by atoms with Crippen molar-refractivity contribution in [2.75, 3.05) is 11.9 Å². The van der Waals surface area contributed by atoms with E-state index in [1.807, 2.05) is 6.92 Å². The average molecular weight is 257 g/mol. The lowest BCUT2D eigenvalue weighted by atomic mass is 10.1. The molecule has 0 unspecified atom stereocenters. The van der Waals surface area contributed by atoms with Crippen molar-refractivity contribution in [3.8, 4) is 5.88 Å². The van der Waals surface area contributed by atoms with Gasteiger partial charge in [0.2, 0.25) is 11.8 Å². The molecule has 0 saturated heterocycles. The summed E-state index contributed by atoms with van der Waals surface area (Å²) in [6.07, 6.45) is 2.76. The van der Waals surface area contributed by atoms with Crippen LogP contribution in [0.3, 0.4) is 0 Å². The predicted molar refractivity (Wildman–Crippen MR) is 76.3 cm³/mol. The fraction of sp³-hybridized carbons (Fsp3) is 0.333. The topological polar surface area (TPSA) is 47.0 Å². The molecular formula is C15H19N3O. The van der Waals surface area contributed by atoms with E-state index < -0.39 is 0 Å². The van der Waals surface area contributed by atoms with Crippen molar-refractivity contribution < 1.29 is 4.74 Å². The third-order valence-electron chi connectivity index (χ3n) is 2.80. The van der Waals surface area contributed by atoms with E-state index in [4.69, 9.17) is 4.74 Å². The molecule has 0 aliphatic heterocycles. The molecule has 0 aliphatic carbocycles. The van der Waals surface area contributed by atoms with Gasteiger partial charge in [-0.05, 0) is 24.5 Å². The van der Waals surface area contributed by atoms with E-state index in [1.165, 1.54) is 11.1 Å². The standard InChI is InChI=1S/C15H19N3O/c1-3-12-5-7-13(8-6-12)11-17-15-16-10-9-14(18-15)19-4-2/h5-10H,3-4,11H2,1-2H3,(H,16,17,18). The molecule has 0 aliphatic rings. The van der Waals surface area contributed by atoms with Crippen molar-refractivity contribution in [3.05, 3.63) is 47.7 Å². The summed E-state index contributed by atoms with van der Waals surface area (Å²) >= 11 is 0. The van der Waals surface area contributed by atoms with Crippen LogP contribution in [0.2, 0.25) is 0 Å². The number of nitrogens with zero attached hydrogens (tertiary/aromatic N) is 2. The lowest BCUT2D eigenvalue weighted by molar-refractivity contribution is 0.326. The average Bonchev–Trinajstić information content (AvgIpc) is 2.46. The van der Waals surface area contributed by atoms with E-state index in [0.717, 1.165) is 6.42 Å². The van der Waals surface area contributed by atoms with E-state index in [1.54, 1.807) is 12.3 Å². The van der Waals surface area contributed by atoms with E-state index >= 15 is 0 Å². The molecule has 0 radical (unpaired) electrons. The van der Waals surface area contributed by atoms with Gasteiger partial charge < -0.3 is 10.1 Å². The molecule has 1 aromatic carbocycles. The maximum Gasteiger partial charge on any atom is 0.226 e. The number of ether oxygens (including phenoxy) is 1. The summed E-state index contributed by atoms with van der Waals surface area (Å²) in [6, 6.07) is 10.3. The molecule has 2 rings (SSSR count). The smallest absolute Gasteiger partial charge is 0.226 e.